The lowest BCUT2D eigenvalue weighted by atomic mass is 10.0. The predicted octanol–water partition coefficient (Wildman–Crippen LogP) is 4.99. The summed E-state index contributed by atoms with van der Waals surface area (Å²) in [4.78, 5) is 12.4. The lowest BCUT2D eigenvalue weighted by Crippen LogP contribution is -2.48. The molecule has 1 amide bonds. The van der Waals surface area contributed by atoms with Crippen LogP contribution in [0.1, 0.15) is 45.7 Å². The van der Waals surface area contributed by atoms with Crippen molar-refractivity contribution in [3.8, 4) is 5.75 Å². The number of carbonyl (C=O) groups is 1. The molecule has 0 unspecified atom stereocenters. The van der Waals surface area contributed by atoms with E-state index in [0.717, 1.165) is 5.56 Å². The van der Waals surface area contributed by atoms with Gasteiger partial charge in [-0.2, -0.15) is 0 Å². The minimum atomic E-state index is -0.751. The van der Waals surface area contributed by atoms with E-state index >= 15 is 0 Å². The highest BCUT2D eigenvalue weighted by Crippen LogP contribution is 2.27. The van der Waals surface area contributed by atoms with Crippen molar-refractivity contribution in [3.63, 3.8) is 0 Å². The van der Waals surface area contributed by atoms with E-state index in [0.29, 0.717) is 18.6 Å². The van der Waals surface area contributed by atoms with Gasteiger partial charge in [0.15, 0.2) is 17.4 Å². The van der Waals surface area contributed by atoms with Crippen LogP contribution in [0, 0.1) is 5.82 Å². The Morgan fingerprint density at radius 1 is 1.19 bits per heavy atom. The molecule has 2 aromatic rings. The second kappa shape index (κ2) is 9.88. The average Bonchev–Trinajstić information content (AvgIpc) is 3.06. The second-order valence-electron chi connectivity index (χ2n) is 9.36. The molecule has 0 bridgehead atoms. The van der Waals surface area contributed by atoms with E-state index in [1.165, 1.54) is 6.07 Å². The lowest BCUT2D eigenvalue weighted by molar-refractivity contribution is -0.141. The Kier molecular flexibility index (Phi) is 7.41. The molecule has 0 spiro atoms. The summed E-state index contributed by atoms with van der Waals surface area (Å²) in [6.45, 7) is 9.61. The second-order valence-corrected chi connectivity index (χ2v) is 9.36. The van der Waals surface area contributed by atoms with Crippen LogP contribution in [0.5, 0.6) is 5.75 Å². The summed E-state index contributed by atoms with van der Waals surface area (Å²) >= 11 is 0. The molecule has 0 aliphatic carbocycles. The molecule has 1 aliphatic heterocycles. The molecular formula is C25H32FNO5. The van der Waals surface area contributed by atoms with Crippen molar-refractivity contribution in [2.24, 2.45) is 0 Å². The van der Waals surface area contributed by atoms with Crippen molar-refractivity contribution >= 4 is 6.09 Å². The first-order valence-corrected chi connectivity index (χ1v) is 10.8. The Morgan fingerprint density at radius 2 is 1.91 bits per heavy atom. The van der Waals surface area contributed by atoms with Crippen LogP contribution in [0.25, 0.3) is 0 Å². The minimum Gasteiger partial charge on any atom is -0.486 e. The van der Waals surface area contributed by atoms with Crippen molar-refractivity contribution in [1.29, 1.82) is 0 Å². The largest absolute Gasteiger partial charge is 0.486 e. The van der Waals surface area contributed by atoms with E-state index in [4.69, 9.17) is 18.9 Å². The third-order valence-electron chi connectivity index (χ3n) is 4.87. The van der Waals surface area contributed by atoms with Crippen LogP contribution in [-0.4, -0.2) is 36.2 Å². The molecular weight excluding hydrogens is 413 g/mol. The van der Waals surface area contributed by atoms with Crippen molar-refractivity contribution in [3.05, 3.63) is 65.5 Å². The molecule has 6 nitrogen and oxygen atoms in total. The van der Waals surface area contributed by atoms with Crippen LogP contribution in [0.15, 0.2) is 48.5 Å². The van der Waals surface area contributed by atoms with Gasteiger partial charge >= 0.3 is 6.09 Å². The van der Waals surface area contributed by atoms with Crippen LogP contribution < -0.4 is 10.1 Å². The number of hydrogen-bond donors (Lipinski definition) is 1. The number of alkyl carbamates (subject to hydrolysis) is 1. The van der Waals surface area contributed by atoms with Gasteiger partial charge in [0.2, 0.25) is 0 Å². The molecule has 1 saturated heterocycles. The Balaban J connectivity index is 1.69. The van der Waals surface area contributed by atoms with Crippen molar-refractivity contribution in [2.75, 3.05) is 6.61 Å². The molecule has 0 saturated carbocycles. The van der Waals surface area contributed by atoms with E-state index in [2.05, 4.69) is 5.32 Å². The molecule has 1 heterocycles. The monoisotopic (exact) mass is 445 g/mol. The minimum absolute atomic E-state index is 0.177. The van der Waals surface area contributed by atoms with Crippen molar-refractivity contribution in [1.82, 2.24) is 5.32 Å². The Labute approximate surface area is 189 Å². The van der Waals surface area contributed by atoms with E-state index < -0.39 is 35.4 Å². The zero-order valence-electron chi connectivity index (χ0n) is 19.3. The SMILES string of the molecule is CC(C)(C)OC(=O)N[C@@H](Cc1ccc(OCc2ccccc2)c(F)c1)[C@H]1COC(C)(C)O1. The van der Waals surface area contributed by atoms with Crippen LogP contribution in [0.4, 0.5) is 9.18 Å². The third-order valence-corrected chi connectivity index (χ3v) is 4.87. The average molecular weight is 446 g/mol. The molecule has 32 heavy (non-hydrogen) atoms. The molecule has 2 aromatic carbocycles. The zero-order valence-corrected chi connectivity index (χ0v) is 19.3. The fourth-order valence-corrected chi connectivity index (χ4v) is 3.43. The van der Waals surface area contributed by atoms with E-state index in [1.54, 1.807) is 32.9 Å². The van der Waals surface area contributed by atoms with Gasteiger partial charge in [-0.15, -0.1) is 0 Å². The number of halogens is 1. The number of benzene rings is 2. The van der Waals surface area contributed by atoms with E-state index in [1.807, 2.05) is 44.2 Å². The van der Waals surface area contributed by atoms with Gasteiger partial charge in [0.05, 0.1) is 12.6 Å². The fraction of sp³-hybridized carbons (Fsp3) is 0.480. The molecule has 1 N–H and O–H groups in total. The number of ether oxygens (including phenoxy) is 4. The molecule has 174 valence electrons. The van der Waals surface area contributed by atoms with E-state index in [9.17, 15) is 9.18 Å². The number of nitrogens with one attached hydrogen (secondary N) is 1. The summed E-state index contributed by atoms with van der Waals surface area (Å²) in [5, 5.41) is 2.86. The topological polar surface area (TPSA) is 66.0 Å². The third kappa shape index (κ3) is 7.21. The van der Waals surface area contributed by atoms with Gasteiger partial charge in [0, 0.05) is 0 Å². The van der Waals surface area contributed by atoms with Gasteiger partial charge in [-0.05, 0) is 64.3 Å². The smallest absolute Gasteiger partial charge is 0.407 e. The molecule has 1 fully saturated rings. The maximum absolute atomic E-state index is 14.7. The van der Waals surface area contributed by atoms with Crippen molar-refractivity contribution < 1.29 is 28.1 Å². The molecule has 3 rings (SSSR count). The Morgan fingerprint density at radius 3 is 2.50 bits per heavy atom. The first kappa shape index (κ1) is 24.0. The number of carbonyl (C=O) groups excluding carboxylic acids is 1. The van der Waals surface area contributed by atoms with Crippen molar-refractivity contribution in [2.45, 2.75) is 71.2 Å². The van der Waals surface area contributed by atoms with Gasteiger partial charge in [-0.25, -0.2) is 9.18 Å². The van der Waals surface area contributed by atoms with Gasteiger partial charge in [0.25, 0.3) is 0 Å². The summed E-state index contributed by atoms with van der Waals surface area (Å²) in [7, 11) is 0. The zero-order chi connectivity index (χ0) is 23.4. The first-order valence-electron chi connectivity index (χ1n) is 10.8. The maximum Gasteiger partial charge on any atom is 0.407 e. The van der Waals surface area contributed by atoms with Gasteiger partial charge in [-0.3, -0.25) is 0 Å². The predicted molar refractivity (Wildman–Crippen MR) is 119 cm³/mol. The number of hydrogen-bond acceptors (Lipinski definition) is 5. The van der Waals surface area contributed by atoms with Gasteiger partial charge in [0.1, 0.15) is 18.3 Å². The number of rotatable bonds is 7. The first-order chi connectivity index (χ1) is 15.0. The molecule has 2 atom stereocenters. The van der Waals surface area contributed by atoms with Crippen LogP contribution in [0.2, 0.25) is 0 Å². The maximum atomic E-state index is 14.7. The molecule has 1 aliphatic rings. The Hall–Kier alpha value is -2.64. The normalized spacial score (nSPS) is 18.8. The summed E-state index contributed by atoms with van der Waals surface area (Å²) in [5.41, 5.74) is 1.02. The summed E-state index contributed by atoms with van der Waals surface area (Å²) < 4.78 is 37.3. The van der Waals surface area contributed by atoms with Crippen LogP contribution >= 0.6 is 0 Å². The molecule has 0 aromatic heterocycles. The number of amides is 1. The lowest BCUT2D eigenvalue weighted by Gasteiger charge is -2.27. The summed E-state index contributed by atoms with van der Waals surface area (Å²) in [6, 6.07) is 13.9. The summed E-state index contributed by atoms with van der Waals surface area (Å²) in [6.07, 6.45) is -0.604. The standard InChI is InChI=1S/C25H32FNO5/c1-24(2,3)32-23(28)27-20(22-16-30-25(4,5)31-22)14-18-11-12-21(19(26)13-18)29-15-17-9-7-6-8-10-17/h6-13,20,22H,14-16H2,1-5H3,(H,27,28)/t20-,22+/m0/s1. The highest BCUT2D eigenvalue weighted by Gasteiger charge is 2.38. The quantitative estimate of drug-likeness (QED) is 0.650. The fourth-order valence-electron chi connectivity index (χ4n) is 3.43. The Bertz CT molecular complexity index is 910. The van der Waals surface area contributed by atoms with Gasteiger partial charge in [-0.1, -0.05) is 36.4 Å². The molecule has 7 heteroatoms. The molecule has 0 radical (unpaired) electrons. The highest BCUT2D eigenvalue weighted by molar-refractivity contribution is 5.68. The van der Waals surface area contributed by atoms with Gasteiger partial charge < -0.3 is 24.3 Å². The van der Waals surface area contributed by atoms with E-state index in [-0.39, 0.29) is 12.4 Å². The van der Waals surface area contributed by atoms with Crippen LogP contribution in [0.3, 0.4) is 0 Å². The highest BCUT2D eigenvalue weighted by atomic mass is 19.1. The summed E-state index contributed by atoms with van der Waals surface area (Å²) in [5.74, 6) is -1.03. The van der Waals surface area contributed by atoms with Crippen LogP contribution in [-0.2, 0) is 27.2 Å².